The van der Waals surface area contributed by atoms with Gasteiger partial charge in [0.25, 0.3) is 0 Å². The summed E-state index contributed by atoms with van der Waals surface area (Å²) in [5, 5.41) is 13.9. The molecule has 5 nitrogen and oxygen atoms in total. The minimum Gasteiger partial charge on any atom is -0.399 e. The van der Waals surface area contributed by atoms with Crippen LogP contribution in [0.3, 0.4) is 0 Å². The number of rotatable bonds is 4. The minimum absolute atomic E-state index is 0.373. The van der Waals surface area contributed by atoms with Crippen molar-refractivity contribution < 1.29 is 9.31 Å². The van der Waals surface area contributed by atoms with Gasteiger partial charge in [-0.15, -0.1) is 0 Å². The first-order valence-electron chi connectivity index (χ1n) is 7.53. The predicted octanol–water partition coefficient (Wildman–Crippen LogP) is 2.22. The zero-order valence-electron chi connectivity index (χ0n) is 13.8. The van der Waals surface area contributed by atoms with E-state index in [0.717, 1.165) is 5.46 Å². The highest BCUT2D eigenvalue weighted by Gasteiger charge is 2.52. The molecule has 1 aromatic rings. The molecule has 2 heterocycles. The van der Waals surface area contributed by atoms with E-state index in [1.807, 2.05) is 47.7 Å². The van der Waals surface area contributed by atoms with Gasteiger partial charge in [0, 0.05) is 17.9 Å². The van der Waals surface area contributed by atoms with Crippen LogP contribution < -0.4 is 5.46 Å². The lowest BCUT2D eigenvalue weighted by atomic mass is 9.81. The summed E-state index contributed by atoms with van der Waals surface area (Å²) in [5.41, 5.74) is -0.486. The van der Waals surface area contributed by atoms with Crippen LogP contribution >= 0.6 is 0 Å². The molecule has 2 rings (SSSR count). The average molecular weight is 289 g/mol. The molecule has 0 saturated carbocycles. The maximum absolute atomic E-state index is 9.50. The van der Waals surface area contributed by atoms with Crippen LogP contribution in [0.25, 0.3) is 0 Å². The molecule has 1 saturated heterocycles. The summed E-state index contributed by atoms with van der Waals surface area (Å²) in [6.07, 6.45) is 5.03. The van der Waals surface area contributed by atoms with Crippen LogP contribution in [0, 0.1) is 11.3 Å². The molecule has 1 fully saturated rings. The SMILES string of the molecule is CCC(C#N)(CC)n1cc(B2OC(C)(C)C(C)(C)O2)cn1. The summed E-state index contributed by atoms with van der Waals surface area (Å²) in [5.74, 6) is 0. The monoisotopic (exact) mass is 289 g/mol. The van der Waals surface area contributed by atoms with Gasteiger partial charge in [-0.1, -0.05) is 13.8 Å². The van der Waals surface area contributed by atoms with Gasteiger partial charge in [0.05, 0.1) is 17.3 Å². The second kappa shape index (κ2) is 5.15. The highest BCUT2D eigenvalue weighted by molar-refractivity contribution is 6.62. The van der Waals surface area contributed by atoms with E-state index >= 15 is 0 Å². The van der Waals surface area contributed by atoms with Crippen molar-refractivity contribution in [2.45, 2.75) is 71.1 Å². The van der Waals surface area contributed by atoms with Crippen molar-refractivity contribution in [1.29, 1.82) is 5.26 Å². The van der Waals surface area contributed by atoms with E-state index in [0.29, 0.717) is 12.8 Å². The Kier molecular flexibility index (Phi) is 3.94. The third-order valence-corrected chi connectivity index (χ3v) is 4.94. The van der Waals surface area contributed by atoms with Crippen molar-refractivity contribution in [3.8, 4) is 6.07 Å². The first-order chi connectivity index (χ1) is 9.71. The Hall–Kier alpha value is -1.32. The van der Waals surface area contributed by atoms with Gasteiger partial charge in [-0.05, 0) is 40.5 Å². The van der Waals surface area contributed by atoms with Crippen molar-refractivity contribution >= 4 is 12.6 Å². The zero-order valence-corrected chi connectivity index (χ0v) is 13.8. The molecule has 114 valence electrons. The molecule has 0 aromatic carbocycles. The van der Waals surface area contributed by atoms with E-state index in [9.17, 15) is 5.26 Å². The average Bonchev–Trinajstić information content (AvgIpc) is 2.97. The fraction of sp³-hybridized carbons (Fsp3) is 0.733. The zero-order chi connectivity index (χ0) is 15.9. The number of nitriles is 1. The van der Waals surface area contributed by atoms with Gasteiger partial charge >= 0.3 is 7.12 Å². The molecular weight excluding hydrogens is 265 g/mol. The molecular formula is C15H24BN3O2. The molecule has 0 N–H and O–H groups in total. The van der Waals surface area contributed by atoms with Crippen molar-refractivity contribution in [3.63, 3.8) is 0 Å². The van der Waals surface area contributed by atoms with Gasteiger partial charge in [-0.2, -0.15) is 10.4 Å². The Morgan fingerprint density at radius 3 is 2.19 bits per heavy atom. The molecule has 1 aliphatic rings. The number of nitrogens with zero attached hydrogens (tertiary/aromatic N) is 3. The lowest BCUT2D eigenvalue weighted by Crippen LogP contribution is -2.41. The fourth-order valence-electron chi connectivity index (χ4n) is 2.46. The van der Waals surface area contributed by atoms with Crippen LogP contribution in [0.15, 0.2) is 12.4 Å². The molecule has 0 spiro atoms. The van der Waals surface area contributed by atoms with Gasteiger partial charge in [-0.25, -0.2) is 0 Å². The van der Waals surface area contributed by atoms with E-state index < -0.39 is 12.7 Å². The standard InChI is InChI=1S/C15H24BN3O2/c1-7-15(8-2,11-17)19-10-12(9-18-19)16-20-13(3,4)14(5,6)21-16/h9-10H,7-8H2,1-6H3. The van der Waals surface area contributed by atoms with Crippen LogP contribution in [0.1, 0.15) is 54.4 Å². The van der Waals surface area contributed by atoms with Crippen molar-refractivity contribution in [2.24, 2.45) is 0 Å². The van der Waals surface area contributed by atoms with Crippen LogP contribution in [0.2, 0.25) is 0 Å². The van der Waals surface area contributed by atoms with E-state index in [-0.39, 0.29) is 11.2 Å². The summed E-state index contributed by atoms with van der Waals surface area (Å²) in [4.78, 5) is 0. The molecule has 0 atom stereocenters. The summed E-state index contributed by atoms with van der Waals surface area (Å²) in [6, 6.07) is 2.39. The molecule has 0 radical (unpaired) electrons. The van der Waals surface area contributed by atoms with Crippen LogP contribution in [-0.4, -0.2) is 28.1 Å². The molecule has 6 heteroatoms. The Morgan fingerprint density at radius 2 is 1.76 bits per heavy atom. The molecule has 0 bridgehead atoms. The lowest BCUT2D eigenvalue weighted by Gasteiger charge is -2.32. The number of hydrogen-bond donors (Lipinski definition) is 0. The molecule has 21 heavy (non-hydrogen) atoms. The smallest absolute Gasteiger partial charge is 0.399 e. The number of hydrogen-bond acceptors (Lipinski definition) is 4. The van der Waals surface area contributed by atoms with E-state index in [1.165, 1.54) is 0 Å². The van der Waals surface area contributed by atoms with E-state index in [1.54, 1.807) is 10.9 Å². The Labute approximate surface area is 127 Å². The highest BCUT2D eigenvalue weighted by Crippen LogP contribution is 2.36. The first-order valence-corrected chi connectivity index (χ1v) is 7.53. The predicted molar refractivity (Wildman–Crippen MR) is 82.1 cm³/mol. The second-order valence-corrected chi connectivity index (χ2v) is 6.66. The number of aromatic nitrogens is 2. The Morgan fingerprint density at radius 1 is 1.24 bits per heavy atom. The van der Waals surface area contributed by atoms with Crippen LogP contribution in [0.4, 0.5) is 0 Å². The fourth-order valence-corrected chi connectivity index (χ4v) is 2.46. The van der Waals surface area contributed by atoms with Gasteiger partial charge in [-0.3, -0.25) is 4.68 Å². The highest BCUT2D eigenvalue weighted by atomic mass is 16.7. The Bertz CT molecular complexity index is 540. The molecule has 1 aromatic heterocycles. The minimum atomic E-state index is -0.595. The summed E-state index contributed by atoms with van der Waals surface area (Å²) < 4.78 is 13.8. The third-order valence-electron chi connectivity index (χ3n) is 4.94. The van der Waals surface area contributed by atoms with E-state index in [4.69, 9.17) is 9.31 Å². The maximum Gasteiger partial charge on any atom is 0.498 e. The first kappa shape index (κ1) is 16.1. The normalized spacial score (nSPS) is 20.5. The molecule has 1 aliphatic heterocycles. The second-order valence-electron chi connectivity index (χ2n) is 6.66. The van der Waals surface area contributed by atoms with Crippen LogP contribution in [-0.2, 0) is 14.8 Å². The van der Waals surface area contributed by atoms with Crippen LogP contribution in [0.5, 0.6) is 0 Å². The van der Waals surface area contributed by atoms with E-state index in [2.05, 4.69) is 11.2 Å². The topological polar surface area (TPSA) is 60.1 Å². The quantitative estimate of drug-likeness (QED) is 0.797. The third kappa shape index (κ3) is 2.49. The Balaban J connectivity index is 2.29. The largest absolute Gasteiger partial charge is 0.498 e. The lowest BCUT2D eigenvalue weighted by molar-refractivity contribution is 0.00578. The molecule has 0 aliphatic carbocycles. The van der Waals surface area contributed by atoms with Crippen molar-refractivity contribution in [1.82, 2.24) is 9.78 Å². The molecule has 0 unspecified atom stereocenters. The van der Waals surface area contributed by atoms with Gasteiger partial charge in [0.2, 0.25) is 0 Å². The molecule has 0 amide bonds. The van der Waals surface area contributed by atoms with Gasteiger partial charge < -0.3 is 9.31 Å². The van der Waals surface area contributed by atoms with Gasteiger partial charge in [0.1, 0.15) is 5.54 Å². The van der Waals surface area contributed by atoms with Crippen molar-refractivity contribution in [2.75, 3.05) is 0 Å². The van der Waals surface area contributed by atoms with Gasteiger partial charge in [0.15, 0.2) is 0 Å². The summed E-state index contributed by atoms with van der Waals surface area (Å²) in [6.45, 7) is 12.1. The van der Waals surface area contributed by atoms with Crippen molar-refractivity contribution in [3.05, 3.63) is 12.4 Å². The summed E-state index contributed by atoms with van der Waals surface area (Å²) in [7, 11) is -0.436. The summed E-state index contributed by atoms with van der Waals surface area (Å²) >= 11 is 0. The maximum atomic E-state index is 9.50.